The highest BCUT2D eigenvalue weighted by Crippen LogP contribution is 2.60. The van der Waals surface area contributed by atoms with Crippen LogP contribution >= 0.6 is 15.9 Å². The van der Waals surface area contributed by atoms with Crippen LogP contribution in [-0.4, -0.2) is 21.8 Å². The number of carbonyl (C=O) groups excluding carboxylic acids is 1. The molecule has 0 radical (unpaired) electrons. The van der Waals surface area contributed by atoms with Gasteiger partial charge >= 0.3 is 0 Å². The fourth-order valence-corrected chi connectivity index (χ4v) is 7.59. The van der Waals surface area contributed by atoms with Crippen molar-refractivity contribution in [3.8, 4) is 0 Å². The second-order valence-corrected chi connectivity index (χ2v) is 10.8. The molecule has 7 atom stereocenters. The van der Waals surface area contributed by atoms with E-state index in [1.54, 1.807) is 0 Å². The van der Waals surface area contributed by atoms with Crippen molar-refractivity contribution in [3.63, 3.8) is 0 Å². The highest BCUT2D eigenvalue weighted by atomic mass is 79.9. The average molecular weight is 427 g/mol. The van der Waals surface area contributed by atoms with Crippen LogP contribution in [0.15, 0.2) is 0 Å². The zero-order valence-electron chi connectivity index (χ0n) is 17.1. The molecule has 0 aromatic carbocycles. The summed E-state index contributed by atoms with van der Waals surface area (Å²) in [6.45, 7) is 6.82. The van der Waals surface area contributed by atoms with Gasteiger partial charge < -0.3 is 5.11 Å². The minimum absolute atomic E-state index is 0.235. The van der Waals surface area contributed by atoms with Gasteiger partial charge in [-0.15, -0.1) is 0 Å². The van der Waals surface area contributed by atoms with Gasteiger partial charge in [0, 0.05) is 5.92 Å². The topological polar surface area (TPSA) is 37.3 Å². The van der Waals surface area contributed by atoms with Crippen molar-refractivity contribution in [2.75, 3.05) is 5.33 Å². The van der Waals surface area contributed by atoms with E-state index in [0.717, 1.165) is 37.0 Å². The zero-order valence-corrected chi connectivity index (χ0v) is 18.7. The lowest BCUT2D eigenvalue weighted by molar-refractivity contribution is -0.125. The molecule has 0 amide bonds. The first kappa shape index (κ1) is 20.8. The zero-order chi connectivity index (χ0) is 18.9. The van der Waals surface area contributed by atoms with Crippen molar-refractivity contribution < 1.29 is 9.90 Å². The van der Waals surface area contributed by atoms with E-state index in [-0.39, 0.29) is 11.3 Å². The van der Waals surface area contributed by atoms with E-state index in [2.05, 4.69) is 29.8 Å². The second kappa shape index (κ2) is 8.23. The summed E-state index contributed by atoms with van der Waals surface area (Å²) < 4.78 is 0. The molecule has 3 heteroatoms. The molecular weight excluding hydrogens is 388 g/mol. The Labute approximate surface area is 169 Å². The van der Waals surface area contributed by atoms with Crippen molar-refractivity contribution >= 4 is 21.7 Å². The smallest absolute Gasteiger partial charge is 0.147 e. The van der Waals surface area contributed by atoms with E-state index >= 15 is 0 Å². The Morgan fingerprint density at radius 3 is 2.54 bits per heavy atom. The van der Waals surface area contributed by atoms with Gasteiger partial charge in [0.05, 0.1) is 10.9 Å². The minimum Gasteiger partial charge on any atom is -0.390 e. The average Bonchev–Trinajstić information content (AvgIpc) is 2.95. The predicted octanol–water partition coefficient (Wildman–Crippen LogP) is 6.14. The Morgan fingerprint density at radius 1 is 1.12 bits per heavy atom. The number of halogens is 1. The Bertz CT molecular complexity index is 502. The number of alkyl halides is 1. The molecule has 3 aliphatic carbocycles. The van der Waals surface area contributed by atoms with Crippen LogP contribution in [0.25, 0.3) is 0 Å². The number of hydrogen-bond acceptors (Lipinski definition) is 2. The second-order valence-electron chi connectivity index (χ2n) is 10.2. The molecule has 0 aliphatic heterocycles. The number of ketones is 1. The Morgan fingerprint density at radius 2 is 1.88 bits per heavy atom. The number of carbonyl (C=O) groups is 1. The van der Waals surface area contributed by atoms with Crippen LogP contribution < -0.4 is 0 Å². The van der Waals surface area contributed by atoms with Gasteiger partial charge in [0.1, 0.15) is 5.78 Å². The van der Waals surface area contributed by atoms with E-state index < -0.39 is 5.60 Å². The maximum atomic E-state index is 12.5. The summed E-state index contributed by atoms with van der Waals surface area (Å²) >= 11 is 3.43. The summed E-state index contributed by atoms with van der Waals surface area (Å²) in [6.07, 6.45) is 13.2. The number of fused-ring (bicyclic) bond motifs is 1. The number of hydrogen-bond donors (Lipinski definition) is 1. The van der Waals surface area contributed by atoms with E-state index in [4.69, 9.17) is 0 Å². The van der Waals surface area contributed by atoms with Crippen LogP contribution in [0.1, 0.15) is 91.4 Å². The molecule has 150 valence electrons. The molecule has 2 nitrogen and oxygen atoms in total. The molecule has 0 aromatic heterocycles. The van der Waals surface area contributed by atoms with Crippen LogP contribution in [0.5, 0.6) is 0 Å². The molecule has 3 fully saturated rings. The van der Waals surface area contributed by atoms with Crippen molar-refractivity contribution in [1.29, 1.82) is 0 Å². The van der Waals surface area contributed by atoms with Gasteiger partial charge in [-0.1, -0.05) is 55.5 Å². The van der Waals surface area contributed by atoms with Gasteiger partial charge in [-0.3, -0.25) is 4.79 Å². The Kier molecular flexibility index (Phi) is 6.60. The van der Waals surface area contributed by atoms with Crippen LogP contribution in [0.4, 0.5) is 0 Å². The van der Waals surface area contributed by atoms with E-state index in [1.165, 1.54) is 51.4 Å². The summed E-state index contributed by atoms with van der Waals surface area (Å²) in [5, 5.41) is 11.0. The van der Waals surface area contributed by atoms with Crippen LogP contribution in [0.3, 0.4) is 0 Å². The predicted molar refractivity (Wildman–Crippen MR) is 111 cm³/mol. The summed E-state index contributed by atoms with van der Waals surface area (Å²) in [6, 6.07) is 0. The third-order valence-corrected chi connectivity index (χ3v) is 9.15. The van der Waals surface area contributed by atoms with E-state index in [0.29, 0.717) is 17.0 Å². The highest BCUT2D eigenvalue weighted by Gasteiger charge is 2.54. The molecule has 0 bridgehead atoms. The SMILES string of the molecule is CC[C@H]1CC[C@]2(C)[C@@H](C(=O)CBr)CC[C@H]2[C@@H]1CC[C@H]1CCC[C@@](C)(O)C1. The molecule has 0 spiro atoms. The maximum Gasteiger partial charge on any atom is 0.147 e. The first-order chi connectivity index (χ1) is 12.3. The monoisotopic (exact) mass is 426 g/mol. The van der Waals surface area contributed by atoms with Gasteiger partial charge in [0.2, 0.25) is 0 Å². The largest absolute Gasteiger partial charge is 0.390 e. The van der Waals surface area contributed by atoms with Gasteiger partial charge in [0.25, 0.3) is 0 Å². The highest BCUT2D eigenvalue weighted by molar-refractivity contribution is 9.09. The number of aliphatic hydroxyl groups is 1. The maximum absolute atomic E-state index is 12.5. The summed E-state index contributed by atoms with van der Waals surface area (Å²) in [7, 11) is 0. The molecule has 0 unspecified atom stereocenters. The molecule has 1 N–H and O–H groups in total. The summed E-state index contributed by atoms with van der Waals surface area (Å²) in [4.78, 5) is 12.5. The standard InChI is InChI=1S/C23H39BrO2/c1-4-17-11-13-23(3)19(9-10-20(23)21(25)15-24)18(17)8-7-16-6-5-12-22(2,26)14-16/h16-20,26H,4-15H2,1-3H3/t16-,17+,18-,19+,20-,22-,23+/m1/s1. The molecule has 0 heterocycles. The minimum atomic E-state index is -0.436. The molecule has 3 saturated carbocycles. The molecule has 3 aliphatic rings. The van der Waals surface area contributed by atoms with Crippen molar-refractivity contribution in [2.45, 2.75) is 97.0 Å². The van der Waals surface area contributed by atoms with Gasteiger partial charge in [-0.2, -0.15) is 0 Å². The van der Waals surface area contributed by atoms with E-state index in [1.807, 2.05) is 6.92 Å². The fourth-order valence-electron chi connectivity index (χ4n) is 7.20. The van der Waals surface area contributed by atoms with Gasteiger partial charge in [-0.25, -0.2) is 0 Å². The van der Waals surface area contributed by atoms with Crippen LogP contribution in [-0.2, 0) is 4.79 Å². The molecular formula is C23H39BrO2. The first-order valence-electron chi connectivity index (χ1n) is 11.1. The van der Waals surface area contributed by atoms with Crippen LogP contribution in [0.2, 0.25) is 0 Å². The third kappa shape index (κ3) is 4.09. The van der Waals surface area contributed by atoms with Crippen molar-refractivity contribution in [3.05, 3.63) is 0 Å². The fraction of sp³-hybridized carbons (Fsp3) is 0.957. The lowest BCUT2D eigenvalue weighted by Crippen LogP contribution is -2.43. The van der Waals surface area contributed by atoms with Gasteiger partial charge in [0.15, 0.2) is 0 Å². The molecule has 0 saturated heterocycles. The van der Waals surface area contributed by atoms with Crippen LogP contribution in [0, 0.1) is 35.0 Å². The Balaban J connectivity index is 1.69. The Hall–Kier alpha value is 0.110. The first-order valence-corrected chi connectivity index (χ1v) is 12.2. The summed E-state index contributed by atoms with van der Waals surface area (Å²) in [5.41, 5.74) is -0.200. The normalized spacial score (nSPS) is 46.1. The van der Waals surface area contributed by atoms with E-state index in [9.17, 15) is 9.90 Å². The lowest BCUT2D eigenvalue weighted by Gasteiger charge is -2.49. The molecule has 0 aromatic rings. The third-order valence-electron chi connectivity index (χ3n) is 8.59. The molecule has 26 heavy (non-hydrogen) atoms. The van der Waals surface area contributed by atoms with Crippen molar-refractivity contribution in [1.82, 2.24) is 0 Å². The summed E-state index contributed by atoms with van der Waals surface area (Å²) in [5.74, 6) is 3.78. The number of Topliss-reactive ketones (excluding diaryl/α,β-unsaturated/α-hetero) is 1. The molecule has 3 rings (SSSR count). The quantitative estimate of drug-likeness (QED) is 0.517. The number of rotatable bonds is 6. The van der Waals surface area contributed by atoms with Crippen molar-refractivity contribution in [2.24, 2.45) is 35.0 Å². The van der Waals surface area contributed by atoms with Gasteiger partial charge in [-0.05, 0) is 81.0 Å². The lowest BCUT2D eigenvalue weighted by atomic mass is 9.56.